The summed E-state index contributed by atoms with van der Waals surface area (Å²) in [6.45, 7) is 3.25. The first-order chi connectivity index (χ1) is 26.3. The Balaban J connectivity index is 1.26. The van der Waals surface area contributed by atoms with E-state index < -0.39 is 0 Å². The minimum atomic E-state index is 0.959. The predicted molar refractivity (Wildman–Crippen MR) is 228 cm³/mol. The highest BCUT2D eigenvalue weighted by atomic mass is 15.0. The van der Waals surface area contributed by atoms with Crippen LogP contribution in [-0.2, 0) is 6.54 Å². The van der Waals surface area contributed by atoms with Crippen LogP contribution in [0.3, 0.4) is 0 Å². The molecule has 3 heteroatoms. The number of aliphatic imine (C=N–C) groups is 2. The maximum absolute atomic E-state index is 5.32. The lowest BCUT2D eigenvalue weighted by Gasteiger charge is -2.11. The molecule has 3 nitrogen and oxygen atoms in total. The Hall–Kier alpha value is -5.54. The number of benzene rings is 6. The molecule has 0 N–H and O–H groups in total. The molecule has 0 spiro atoms. The van der Waals surface area contributed by atoms with E-state index in [0.717, 1.165) is 58.0 Å². The van der Waals surface area contributed by atoms with Crippen LogP contribution < -0.4 is 0 Å². The third kappa shape index (κ3) is 9.10. The van der Waals surface area contributed by atoms with Crippen LogP contribution in [-0.4, -0.2) is 16.0 Å². The quantitative estimate of drug-likeness (QED) is 0.0671. The van der Waals surface area contributed by atoms with Gasteiger partial charge < -0.3 is 4.57 Å². The second kappa shape index (κ2) is 18.3. The van der Waals surface area contributed by atoms with Crippen molar-refractivity contribution in [1.82, 2.24) is 4.57 Å². The van der Waals surface area contributed by atoms with Crippen molar-refractivity contribution in [3.63, 3.8) is 0 Å². The molecule has 0 unspecified atom stereocenters. The number of rotatable bonds is 17. The van der Waals surface area contributed by atoms with Crippen molar-refractivity contribution in [2.75, 3.05) is 0 Å². The Morgan fingerprint density at radius 2 is 0.736 bits per heavy atom. The van der Waals surface area contributed by atoms with Gasteiger partial charge >= 0.3 is 0 Å². The normalized spacial score (nSPS) is 11.2. The van der Waals surface area contributed by atoms with Gasteiger partial charge in [0.1, 0.15) is 0 Å². The first-order valence-electron chi connectivity index (χ1n) is 19.7. The molecule has 0 amide bonds. The minimum Gasteiger partial charge on any atom is -0.340 e. The zero-order chi connectivity index (χ0) is 36.1. The van der Waals surface area contributed by atoms with Crippen molar-refractivity contribution < 1.29 is 0 Å². The average Bonchev–Trinajstić information content (AvgIpc) is 3.52. The molecule has 53 heavy (non-hydrogen) atoms. The number of hydrogen-bond donors (Lipinski definition) is 0. The number of hydrogen-bond acceptors (Lipinski definition) is 2. The molecule has 0 aliphatic carbocycles. The largest absolute Gasteiger partial charge is 0.340 e. The number of aromatic nitrogens is 1. The van der Waals surface area contributed by atoms with E-state index in [0.29, 0.717) is 0 Å². The molecule has 0 aliphatic rings. The van der Waals surface area contributed by atoms with Gasteiger partial charge in [-0.2, -0.15) is 0 Å². The van der Waals surface area contributed by atoms with Crippen molar-refractivity contribution in [3.05, 3.63) is 180 Å². The van der Waals surface area contributed by atoms with Crippen molar-refractivity contribution in [3.8, 4) is 0 Å². The lowest BCUT2D eigenvalue weighted by molar-refractivity contribution is 0.541. The van der Waals surface area contributed by atoms with Gasteiger partial charge in [-0.3, -0.25) is 0 Å². The van der Waals surface area contributed by atoms with Gasteiger partial charge in [0, 0.05) is 39.6 Å². The van der Waals surface area contributed by atoms with Gasteiger partial charge in [0.05, 0.1) is 33.8 Å². The van der Waals surface area contributed by atoms with Gasteiger partial charge in [0.2, 0.25) is 0 Å². The zero-order valence-corrected chi connectivity index (χ0v) is 31.1. The summed E-state index contributed by atoms with van der Waals surface area (Å²) in [6, 6.07) is 55.6. The van der Waals surface area contributed by atoms with Gasteiger partial charge in [-0.1, -0.05) is 198 Å². The summed E-state index contributed by atoms with van der Waals surface area (Å²) >= 11 is 0. The summed E-state index contributed by atoms with van der Waals surface area (Å²) in [7, 11) is 0. The molecule has 0 aliphatic heterocycles. The third-order valence-corrected chi connectivity index (χ3v) is 10.2. The summed E-state index contributed by atoms with van der Waals surface area (Å²) in [5, 5.41) is 2.52. The van der Waals surface area contributed by atoms with E-state index in [4.69, 9.17) is 9.98 Å². The van der Waals surface area contributed by atoms with Crippen molar-refractivity contribution in [2.24, 2.45) is 9.98 Å². The molecule has 0 fully saturated rings. The van der Waals surface area contributed by atoms with Gasteiger partial charge in [0.25, 0.3) is 0 Å². The van der Waals surface area contributed by atoms with Gasteiger partial charge in [-0.05, 0) is 30.7 Å². The minimum absolute atomic E-state index is 0.959. The van der Waals surface area contributed by atoms with Crippen LogP contribution in [0, 0.1) is 0 Å². The Morgan fingerprint density at radius 3 is 1.09 bits per heavy atom. The fourth-order valence-corrected chi connectivity index (χ4v) is 7.44. The molecular formula is C50H51N3. The smallest absolute Gasteiger partial charge is 0.0781 e. The van der Waals surface area contributed by atoms with Crippen LogP contribution in [0.2, 0.25) is 0 Å². The van der Waals surface area contributed by atoms with E-state index in [1.54, 1.807) is 0 Å². The van der Waals surface area contributed by atoms with Crippen molar-refractivity contribution >= 4 is 44.6 Å². The van der Waals surface area contributed by atoms with E-state index in [-0.39, 0.29) is 0 Å². The average molecular weight is 694 g/mol. The lowest BCUT2D eigenvalue weighted by atomic mass is 10.0. The third-order valence-electron chi connectivity index (χ3n) is 10.2. The summed E-state index contributed by atoms with van der Waals surface area (Å²) in [5.74, 6) is 0. The summed E-state index contributed by atoms with van der Waals surface area (Å²) in [6.07, 6.45) is 13.2. The molecule has 0 atom stereocenters. The number of nitrogens with zero attached hydrogens (tertiary/aromatic N) is 3. The Bertz CT molecular complexity index is 2020. The second-order valence-electron chi connectivity index (χ2n) is 14.1. The SMILES string of the molecule is CCCCCCCCCCCCn1c2cc(N=C(c3ccccc3)c3ccccc3)ccc2c2ccc(N=C(c3ccccc3)c3ccccc3)cc21. The topological polar surface area (TPSA) is 29.6 Å². The van der Waals surface area contributed by atoms with E-state index in [1.165, 1.54) is 79.6 Å². The first-order valence-corrected chi connectivity index (χ1v) is 19.7. The van der Waals surface area contributed by atoms with Crippen LogP contribution >= 0.6 is 0 Å². The second-order valence-corrected chi connectivity index (χ2v) is 14.1. The number of aryl methyl sites for hydroxylation is 1. The molecule has 7 rings (SSSR count). The van der Waals surface area contributed by atoms with Crippen LogP contribution in [0.1, 0.15) is 93.4 Å². The molecule has 7 aromatic rings. The molecule has 6 aromatic carbocycles. The van der Waals surface area contributed by atoms with Crippen molar-refractivity contribution in [1.29, 1.82) is 0 Å². The van der Waals surface area contributed by atoms with E-state index in [2.05, 4.69) is 169 Å². The maximum atomic E-state index is 5.32. The summed E-state index contributed by atoms with van der Waals surface area (Å²) < 4.78 is 2.53. The van der Waals surface area contributed by atoms with Crippen LogP contribution in [0.15, 0.2) is 168 Å². The van der Waals surface area contributed by atoms with Crippen LogP contribution in [0.25, 0.3) is 21.8 Å². The molecular weight excluding hydrogens is 643 g/mol. The molecule has 266 valence electrons. The monoisotopic (exact) mass is 693 g/mol. The molecule has 0 saturated carbocycles. The highest BCUT2D eigenvalue weighted by molar-refractivity contribution is 6.16. The number of fused-ring (bicyclic) bond motifs is 3. The zero-order valence-electron chi connectivity index (χ0n) is 31.1. The molecule has 0 saturated heterocycles. The van der Waals surface area contributed by atoms with Crippen molar-refractivity contribution in [2.45, 2.75) is 77.7 Å². The van der Waals surface area contributed by atoms with Crippen LogP contribution in [0.5, 0.6) is 0 Å². The van der Waals surface area contributed by atoms with Gasteiger partial charge in [0.15, 0.2) is 0 Å². The predicted octanol–water partition coefficient (Wildman–Crippen LogP) is 14.1. The van der Waals surface area contributed by atoms with Gasteiger partial charge in [-0.25, -0.2) is 9.98 Å². The standard InChI is InChI=1S/C50H51N3/c1-2-3-4-5-6-7-8-9-10-23-36-53-47-37-43(51-49(39-24-15-11-16-25-39)40-26-17-12-18-27-40)32-34-45(47)46-35-33-44(38-48(46)53)52-50(41-28-19-13-20-29-41)42-30-21-14-22-31-42/h11-22,24-35,37-38H,2-10,23,36H2,1H3. The fraction of sp³-hybridized carbons (Fsp3) is 0.240. The molecule has 1 heterocycles. The number of unbranched alkanes of at least 4 members (excludes halogenated alkanes) is 9. The Kier molecular flexibility index (Phi) is 12.4. The maximum Gasteiger partial charge on any atom is 0.0781 e. The first kappa shape index (κ1) is 35.8. The van der Waals surface area contributed by atoms with Crippen LogP contribution in [0.4, 0.5) is 11.4 Å². The Morgan fingerprint density at radius 1 is 0.396 bits per heavy atom. The lowest BCUT2D eigenvalue weighted by Crippen LogP contribution is -2.03. The summed E-state index contributed by atoms with van der Waals surface area (Å²) in [4.78, 5) is 10.6. The molecule has 0 radical (unpaired) electrons. The molecule has 1 aromatic heterocycles. The fourth-order valence-electron chi connectivity index (χ4n) is 7.44. The molecule has 0 bridgehead atoms. The summed E-state index contributed by atoms with van der Waals surface area (Å²) in [5.41, 5.74) is 10.8. The van der Waals surface area contributed by atoms with E-state index >= 15 is 0 Å². The van der Waals surface area contributed by atoms with Gasteiger partial charge in [-0.15, -0.1) is 0 Å². The highest BCUT2D eigenvalue weighted by Gasteiger charge is 2.15. The highest BCUT2D eigenvalue weighted by Crippen LogP contribution is 2.35. The van der Waals surface area contributed by atoms with E-state index in [9.17, 15) is 0 Å². The van der Waals surface area contributed by atoms with E-state index in [1.807, 2.05) is 0 Å². The Labute approximate surface area is 315 Å².